The van der Waals surface area contributed by atoms with Gasteiger partial charge in [-0.25, -0.2) is 9.67 Å². The number of rotatable bonds is 6. The molecule has 0 spiro atoms. The molecule has 1 aliphatic carbocycles. The third kappa shape index (κ3) is 3.92. The molecule has 5 rings (SSSR count). The van der Waals surface area contributed by atoms with Crippen molar-refractivity contribution in [3.63, 3.8) is 0 Å². The van der Waals surface area contributed by atoms with Gasteiger partial charge in [0.2, 0.25) is 0 Å². The first-order chi connectivity index (χ1) is 14.3. The topological polar surface area (TPSA) is 49.2 Å². The molecular weight excluding hydrogens is 362 g/mol. The zero-order chi connectivity index (χ0) is 19.6. The number of hydrogen-bond acceptors (Lipinski definition) is 4. The lowest BCUT2D eigenvalue weighted by molar-refractivity contribution is 0.0591. The van der Waals surface area contributed by atoms with Crippen LogP contribution in [-0.2, 0) is 11.2 Å². The molecule has 0 bridgehead atoms. The van der Waals surface area contributed by atoms with Crippen LogP contribution in [0.5, 0.6) is 5.75 Å². The number of hydrogen-bond donors (Lipinski definition) is 0. The standard InChI is InChI=1S/C24H27N3O2/c1-28-20-9-7-19(8-10-20)27-24(22-16-21(22)18-11-13-29-14-12-18)25-23(26-27)15-17-5-3-2-4-6-17/h2-10,18,21-22H,11-16H2,1H3/t21-,22+/m0/s1. The number of methoxy groups -OCH3 is 1. The Kier molecular flexibility index (Phi) is 5.06. The van der Waals surface area contributed by atoms with Crippen LogP contribution in [0.25, 0.3) is 5.69 Å². The van der Waals surface area contributed by atoms with Crippen LogP contribution in [0.1, 0.15) is 42.4 Å². The Hall–Kier alpha value is -2.66. The molecule has 0 unspecified atom stereocenters. The summed E-state index contributed by atoms with van der Waals surface area (Å²) in [6.45, 7) is 1.80. The normalized spacial score (nSPS) is 21.8. The predicted octanol–water partition coefficient (Wildman–Crippen LogP) is 4.40. The van der Waals surface area contributed by atoms with Crippen LogP contribution in [0.3, 0.4) is 0 Å². The van der Waals surface area contributed by atoms with Crippen LogP contribution in [0, 0.1) is 11.8 Å². The lowest BCUT2D eigenvalue weighted by Crippen LogP contribution is -2.18. The summed E-state index contributed by atoms with van der Waals surface area (Å²) in [4.78, 5) is 5.02. The van der Waals surface area contributed by atoms with Gasteiger partial charge in [-0.2, -0.15) is 5.10 Å². The molecule has 2 aliphatic rings. The second-order valence-electron chi connectivity index (χ2n) is 8.11. The van der Waals surface area contributed by atoms with Crippen LogP contribution in [0.15, 0.2) is 54.6 Å². The van der Waals surface area contributed by atoms with Crippen LogP contribution in [-0.4, -0.2) is 35.1 Å². The van der Waals surface area contributed by atoms with Gasteiger partial charge in [-0.3, -0.25) is 0 Å². The van der Waals surface area contributed by atoms with E-state index in [1.807, 2.05) is 18.2 Å². The number of benzene rings is 2. The first-order valence-electron chi connectivity index (χ1n) is 10.5. The van der Waals surface area contributed by atoms with E-state index < -0.39 is 0 Å². The number of ether oxygens (including phenoxy) is 2. The Balaban J connectivity index is 1.44. The van der Waals surface area contributed by atoms with E-state index in [-0.39, 0.29) is 0 Å². The molecule has 0 radical (unpaired) electrons. The van der Waals surface area contributed by atoms with Crippen LogP contribution < -0.4 is 4.74 Å². The fraction of sp³-hybridized carbons (Fsp3) is 0.417. The van der Waals surface area contributed by atoms with E-state index in [4.69, 9.17) is 19.6 Å². The maximum Gasteiger partial charge on any atom is 0.155 e. The fourth-order valence-electron chi connectivity index (χ4n) is 4.55. The Bertz CT molecular complexity index is 946. The van der Waals surface area contributed by atoms with Gasteiger partial charge in [0.1, 0.15) is 11.6 Å². The van der Waals surface area contributed by atoms with E-state index in [1.54, 1.807) is 7.11 Å². The van der Waals surface area contributed by atoms with Gasteiger partial charge in [-0.1, -0.05) is 30.3 Å². The third-order valence-corrected chi connectivity index (χ3v) is 6.24. The van der Waals surface area contributed by atoms with E-state index in [9.17, 15) is 0 Å². The van der Waals surface area contributed by atoms with Gasteiger partial charge in [0.15, 0.2) is 5.82 Å². The maximum absolute atomic E-state index is 5.56. The lowest BCUT2D eigenvalue weighted by atomic mass is 9.93. The molecule has 0 N–H and O–H groups in total. The molecule has 1 aliphatic heterocycles. The Morgan fingerprint density at radius 3 is 2.52 bits per heavy atom. The predicted molar refractivity (Wildman–Crippen MR) is 112 cm³/mol. The van der Waals surface area contributed by atoms with Crippen LogP contribution in [0.2, 0.25) is 0 Å². The van der Waals surface area contributed by atoms with E-state index >= 15 is 0 Å². The van der Waals surface area contributed by atoms with Crippen molar-refractivity contribution in [3.8, 4) is 11.4 Å². The van der Waals surface area contributed by atoms with Crippen molar-refractivity contribution in [1.29, 1.82) is 0 Å². The minimum Gasteiger partial charge on any atom is -0.497 e. The highest BCUT2D eigenvalue weighted by Crippen LogP contribution is 2.54. The molecule has 150 valence electrons. The summed E-state index contributed by atoms with van der Waals surface area (Å²) in [5, 5.41) is 4.91. The molecule has 5 nitrogen and oxygen atoms in total. The van der Waals surface area contributed by atoms with Gasteiger partial charge in [-0.15, -0.1) is 0 Å². The summed E-state index contributed by atoms with van der Waals surface area (Å²) < 4.78 is 12.9. The van der Waals surface area contributed by atoms with Gasteiger partial charge < -0.3 is 9.47 Å². The summed E-state index contributed by atoms with van der Waals surface area (Å²) >= 11 is 0. The molecule has 2 atom stereocenters. The van der Waals surface area contributed by atoms with Crippen molar-refractivity contribution in [1.82, 2.24) is 14.8 Å². The molecule has 1 saturated heterocycles. The summed E-state index contributed by atoms with van der Waals surface area (Å²) in [6, 6.07) is 18.6. The Labute approximate surface area is 171 Å². The molecule has 1 saturated carbocycles. The summed E-state index contributed by atoms with van der Waals surface area (Å²) in [5.41, 5.74) is 2.29. The molecule has 5 heteroatoms. The molecule has 29 heavy (non-hydrogen) atoms. The molecule has 2 fully saturated rings. The van der Waals surface area contributed by atoms with E-state index in [1.165, 1.54) is 24.8 Å². The summed E-state index contributed by atoms with van der Waals surface area (Å²) in [6.07, 6.45) is 4.32. The van der Waals surface area contributed by atoms with Gasteiger partial charge in [0, 0.05) is 25.6 Å². The van der Waals surface area contributed by atoms with Crippen molar-refractivity contribution >= 4 is 0 Å². The molecular formula is C24H27N3O2. The molecule has 3 aromatic rings. The first kappa shape index (κ1) is 18.4. The van der Waals surface area contributed by atoms with E-state index in [0.29, 0.717) is 11.8 Å². The average Bonchev–Trinajstić information content (AvgIpc) is 3.48. The minimum atomic E-state index is 0.497. The molecule has 2 aromatic carbocycles. The highest BCUT2D eigenvalue weighted by Gasteiger charge is 2.47. The number of aromatic nitrogens is 3. The Morgan fingerprint density at radius 1 is 1.03 bits per heavy atom. The van der Waals surface area contributed by atoms with E-state index in [0.717, 1.165) is 48.6 Å². The van der Waals surface area contributed by atoms with Crippen LogP contribution in [0.4, 0.5) is 0 Å². The van der Waals surface area contributed by atoms with Crippen molar-refractivity contribution in [2.24, 2.45) is 11.8 Å². The van der Waals surface area contributed by atoms with Gasteiger partial charge in [-0.05, 0) is 60.9 Å². The largest absolute Gasteiger partial charge is 0.497 e. The highest BCUT2D eigenvalue weighted by molar-refractivity contribution is 5.38. The smallest absolute Gasteiger partial charge is 0.155 e. The van der Waals surface area contributed by atoms with Crippen molar-refractivity contribution in [2.45, 2.75) is 31.6 Å². The second-order valence-corrected chi connectivity index (χ2v) is 8.11. The zero-order valence-electron chi connectivity index (χ0n) is 16.8. The Morgan fingerprint density at radius 2 is 1.79 bits per heavy atom. The summed E-state index contributed by atoms with van der Waals surface area (Å²) in [7, 11) is 1.69. The van der Waals surface area contributed by atoms with E-state index in [2.05, 4.69) is 41.1 Å². The van der Waals surface area contributed by atoms with Gasteiger partial charge >= 0.3 is 0 Å². The van der Waals surface area contributed by atoms with Crippen molar-refractivity contribution in [3.05, 3.63) is 71.8 Å². The maximum atomic E-state index is 5.56. The monoisotopic (exact) mass is 389 g/mol. The lowest BCUT2D eigenvalue weighted by Gasteiger charge is -2.22. The molecule has 0 amide bonds. The average molecular weight is 389 g/mol. The van der Waals surface area contributed by atoms with Crippen LogP contribution >= 0.6 is 0 Å². The SMILES string of the molecule is COc1ccc(-n2nc(Cc3ccccc3)nc2[C@@H]2C[C@H]2C2CCOCC2)cc1. The second kappa shape index (κ2) is 7.99. The minimum absolute atomic E-state index is 0.497. The molecule has 2 heterocycles. The highest BCUT2D eigenvalue weighted by atomic mass is 16.5. The summed E-state index contributed by atoms with van der Waals surface area (Å²) in [5.74, 6) is 4.82. The first-order valence-corrected chi connectivity index (χ1v) is 10.5. The zero-order valence-corrected chi connectivity index (χ0v) is 16.8. The van der Waals surface area contributed by atoms with Crippen molar-refractivity contribution < 1.29 is 9.47 Å². The van der Waals surface area contributed by atoms with Gasteiger partial charge in [0.25, 0.3) is 0 Å². The molecule has 1 aromatic heterocycles. The van der Waals surface area contributed by atoms with Crippen molar-refractivity contribution in [2.75, 3.05) is 20.3 Å². The van der Waals surface area contributed by atoms with Gasteiger partial charge in [0.05, 0.1) is 12.8 Å². The quantitative estimate of drug-likeness (QED) is 0.627. The third-order valence-electron chi connectivity index (χ3n) is 6.24. The number of nitrogens with zero attached hydrogens (tertiary/aromatic N) is 3. The fourth-order valence-corrected chi connectivity index (χ4v) is 4.55.